The Labute approximate surface area is 103 Å². The number of carbonyl (C=O) groups is 1. The van der Waals surface area contributed by atoms with Crippen LogP contribution in [-0.4, -0.2) is 21.1 Å². The standard InChI is InChI=1S/C11H11ClN4O/c1-6-8(12)4-3-5-9(6)14-11(17)10-13-7(2)15-16-10/h3-5H,1-2H3,(H,14,17)(H,13,15,16). The fourth-order valence-corrected chi connectivity index (χ4v) is 1.54. The first kappa shape index (κ1) is 11.6. The molecule has 0 aliphatic rings. The number of carbonyl (C=O) groups excluding carboxylic acids is 1. The van der Waals surface area contributed by atoms with Gasteiger partial charge in [0, 0.05) is 10.7 Å². The molecule has 0 spiro atoms. The summed E-state index contributed by atoms with van der Waals surface area (Å²) in [6, 6.07) is 5.32. The summed E-state index contributed by atoms with van der Waals surface area (Å²) >= 11 is 5.96. The van der Waals surface area contributed by atoms with E-state index < -0.39 is 0 Å². The molecule has 0 unspecified atom stereocenters. The summed E-state index contributed by atoms with van der Waals surface area (Å²) in [6.45, 7) is 3.57. The molecule has 0 bridgehead atoms. The average Bonchev–Trinajstić information content (AvgIpc) is 2.72. The second-order valence-corrected chi connectivity index (χ2v) is 4.02. The van der Waals surface area contributed by atoms with Crippen molar-refractivity contribution in [1.29, 1.82) is 0 Å². The maximum absolute atomic E-state index is 11.8. The number of rotatable bonds is 2. The fraction of sp³-hybridized carbons (Fsp3) is 0.182. The highest BCUT2D eigenvalue weighted by Crippen LogP contribution is 2.23. The molecule has 1 amide bonds. The van der Waals surface area contributed by atoms with Gasteiger partial charge in [0.2, 0.25) is 5.82 Å². The zero-order chi connectivity index (χ0) is 12.4. The molecule has 5 nitrogen and oxygen atoms in total. The molecule has 0 saturated heterocycles. The Morgan fingerprint density at radius 2 is 2.18 bits per heavy atom. The van der Waals surface area contributed by atoms with Crippen molar-refractivity contribution in [3.8, 4) is 0 Å². The van der Waals surface area contributed by atoms with E-state index in [1.54, 1.807) is 25.1 Å². The summed E-state index contributed by atoms with van der Waals surface area (Å²) in [4.78, 5) is 15.7. The highest BCUT2D eigenvalue weighted by atomic mass is 35.5. The lowest BCUT2D eigenvalue weighted by molar-refractivity contribution is 0.101. The van der Waals surface area contributed by atoms with Crippen molar-refractivity contribution in [3.63, 3.8) is 0 Å². The maximum atomic E-state index is 11.8. The van der Waals surface area contributed by atoms with E-state index in [0.717, 1.165) is 5.56 Å². The smallest absolute Gasteiger partial charge is 0.295 e. The van der Waals surface area contributed by atoms with Gasteiger partial charge in [-0.2, -0.15) is 0 Å². The van der Waals surface area contributed by atoms with Crippen LogP contribution in [0, 0.1) is 13.8 Å². The molecule has 0 fully saturated rings. The molecule has 0 saturated carbocycles. The quantitative estimate of drug-likeness (QED) is 0.859. The van der Waals surface area contributed by atoms with Gasteiger partial charge < -0.3 is 5.32 Å². The van der Waals surface area contributed by atoms with Gasteiger partial charge in [-0.25, -0.2) is 4.98 Å². The summed E-state index contributed by atoms with van der Waals surface area (Å²) in [5, 5.41) is 9.71. The summed E-state index contributed by atoms with van der Waals surface area (Å²) in [7, 11) is 0. The van der Waals surface area contributed by atoms with Crippen molar-refractivity contribution in [2.75, 3.05) is 5.32 Å². The summed E-state index contributed by atoms with van der Waals surface area (Å²) in [5.74, 6) is 0.347. The molecule has 0 aliphatic carbocycles. The average molecular weight is 251 g/mol. The minimum absolute atomic E-state index is 0.113. The Bertz CT molecular complexity index is 564. The number of amides is 1. The van der Waals surface area contributed by atoms with Gasteiger partial charge in [0.05, 0.1) is 0 Å². The van der Waals surface area contributed by atoms with Crippen LogP contribution in [0.5, 0.6) is 0 Å². The molecule has 2 N–H and O–H groups in total. The van der Waals surface area contributed by atoms with E-state index in [4.69, 9.17) is 11.6 Å². The Morgan fingerprint density at radius 3 is 2.82 bits per heavy atom. The first-order chi connectivity index (χ1) is 8.08. The van der Waals surface area contributed by atoms with Crippen LogP contribution in [0.4, 0.5) is 5.69 Å². The van der Waals surface area contributed by atoms with Gasteiger partial charge in [-0.1, -0.05) is 17.7 Å². The number of benzene rings is 1. The van der Waals surface area contributed by atoms with E-state index in [1.165, 1.54) is 0 Å². The predicted octanol–water partition coefficient (Wildman–Crippen LogP) is 2.33. The van der Waals surface area contributed by atoms with Crippen LogP contribution in [0.25, 0.3) is 0 Å². The lowest BCUT2D eigenvalue weighted by Crippen LogP contribution is -2.14. The van der Waals surface area contributed by atoms with Gasteiger partial charge in [-0.15, -0.1) is 5.10 Å². The molecular formula is C11H11ClN4O. The topological polar surface area (TPSA) is 70.7 Å². The summed E-state index contributed by atoms with van der Waals surface area (Å²) in [5.41, 5.74) is 1.47. The van der Waals surface area contributed by atoms with Crippen molar-refractivity contribution in [2.45, 2.75) is 13.8 Å². The van der Waals surface area contributed by atoms with Crippen LogP contribution < -0.4 is 5.32 Å². The molecule has 1 heterocycles. The number of anilines is 1. The second kappa shape index (κ2) is 4.55. The van der Waals surface area contributed by atoms with Crippen molar-refractivity contribution < 1.29 is 4.79 Å². The van der Waals surface area contributed by atoms with Crippen LogP contribution in [0.2, 0.25) is 5.02 Å². The minimum Gasteiger partial charge on any atom is -0.319 e. The number of hydrogen-bond donors (Lipinski definition) is 2. The van der Waals surface area contributed by atoms with E-state index in [9.17, 15) is 4.79 Å². The second-order valence-electron chi connectivity index (χ2n) is 3.61. The molecule has 0 atom stereocenters. The molecule has 1 aromatic carbocycles. The molecule has 0 aliphatic heterocycles. The minimum atomic E-state index is -0.361. The van der Waals surface area contributed by atoms with Crippen molar-refractivity contribution in [3.05, 3.63) is 40.4 Å². The first-order valence-corrected chi connectivity index (χ1v) is 5.41. The number of hydrogen-bond acceptors (Lipinski definition) is 3. The van der Waals surface area contributed by atoms with E-state index in [-0.39, 0.29) is 11.7 Å². The van der Waals surface area contributed by atoms with Crippen molar-refractivity contribution in [1.82, 2.24) is 15.2 Å². The molecule has 2 aromatic rings. The Kier molecular flexibility index (Phi) is 3.10. The number of aromatic nitrogens is 3. The number of H-pyrrole nitrogens is 1. The Balaban J connectivity index is 2.21. The maximum Gasteiger partial charge on any atom is 0.295 e. The van der Waals surface area contributed by atoms with Crippen LogP contribution in [0.3, 0.4) is 0 Å². The molecular weight excluding hydrogens is 240 g/mol. The Morgan fingerprint density at radius 1 is 1.41 bits per heavy atom. The zero-order valence-electron chi connectivity index (χ0n) is 9.41. The third kappa shape index (κ3) is 2.45. The summed E-state index contributed by atoms with van der Waals surface area (Å²) in [6.07, 6.45) is 0. The van der Waals surface area contributed by atoms with Crippen molar-refractivity contribution in [2.24, 2.45) is 0 Å². The van der Waals surface area contributed by atoms with E-state index in [1.807, 2.05) is 6.92 Å². The van der Waals surface area contributed by atoms with Gasteiger partial charge in [0.1, 0.15) is 5.82 Å². The lowest BCUT2D eigenvalue weighted by Gasteiger charge is -2.07. The highest BCUT2D eigenvalue weighted by Gasteiger charge is 2.12. The molecule has 1 aromatic heterocycles. The predicted molar refractivity (Wildman–Crippen MR) is 65.3 cm³/mol. The SMILES string of the molecule is Cc1nc(C(=O)Nc2cccc(Cl)c2C)n[nH]1. The molecule has 88 valence electrons. The monoisotopic (exact) mass is 250 g/mol. The highest BCUT2D eigenvalue weighted by molar-refractivity contribution is 6.31. The van der Waals surface area contributed by atoms with Crippen LogP contribution in [-0.2, 0) is 0 Å². The normalized spacial score (nSPS) is 10.3. The lowest BCUT2D eigenvalue weighted by atomic mass is 10.2. The molecule has 6 heteroatoms. The van der Waals surface area contributed by atoms with Crippen LogP contribution >= 0.6 is 11.6 Å². The number of aromatic amines is 1. The van der Waals surface area contributed by atoms with Gasteiger partial charge >= 0.3 is 0 Å². The van der Waals surface area contributed by atoms with Crippen LogP contribution in [0.1, 0.15) is 22.0 Å². The van der Waals surface area contributed by atoms with Crippen molar-refractivity contribution >= 4 is 23.2 Å². The fourth-order valence-electron chi connectivity index (χ4n) is 1.37. The number of halogens is 1. The molecule has 0 radical (unpaired) electrons. The van der Waals surface area contributed by atoms with Gasteiger partial charge in [-0.3, -0.25) is 9.89 Å². The first-order valence-electron chi connectivity index (χ1n) is 5.03. The van der Waals surface area contributed by atoms with Gasteiger partial charge in [0.25, 0.3) is 5.91 Å². The van der Waals surface area contributed by atoms with E-state index in [0.29, 0.717) is 16.5 Å². The van der Waals surface area contributed by atoms with Gasteiger partial charge in [-0.05, 0) is 31.5 Å². The molecule has 17 heavy (non-hydrogen) atoms. The van der Waals surface area contributed by atoms with E-state index >= 15 is 0 Å². The van der Waals surface area contributed by atoms with E-state index in [2.05, 4.69) is 20.5 Å². The largest absolute Gasteiger partial charge is 0.319 e. The summed E-state index contributed by atoms with van der Waals surface area (Å²) < 4.78 is 0. The van der Waals surface area contributed by atoms with Gasteiger partial charge in [0.15, 0.2) is 0 Å². The Hall–Kier alpha value is -1.88. The number of nitrogens with zero attached hydrogens (tertiary/aromatic N) is 2. The van der Waals surface area contributed by atoms with Crippen LogP contribution in [0.15, 0.2) is 18.2 Å². The molecule has 2 rings (SSSR count). The third-order valence-electron chi connectivity index (χ3n) is 2.32. The number of aryl methyl sites for hydroxylation is 1. The third-order valence-corrected chi connectivity index (χ3v) is 2.73. The number of nitrogens with one attached hydrogen (secondary N) is 2. The zero-order valence-corrected chi connectivity index (χ0v) is 10.2.